The predicted octanol–water partition coefficient (Wildman–Crippen LogP) is 12.8. The molecule has 13 heteroatoms. The predicted molar refractivity (Wildman–Crippen MR) is 269 cm³/mol. The number of cyclic esters (lactones) is 2. The van der Waals surface area contributed by atoms with E-state index in [1.165, 1.54) is 6.42 Å². The quantitative estimate of drug-likeness (QED) is 0.108. The number of phosphoric acid groups is 1. The van der Waals surface area contributed by atoms with Crippen LogP contribution in [0.15, 0.2) is 24.3 Å². The standard InChI is InChI=1S/C53H99N2O10P/c1-44-34-35-61-47(56)32-28-24-20-16-12-14-18-22-26-30-46(65-49(58)37-50(3,4)39-51(5,6)41-55(10)11)31-27-23-19-15-13-17-21-25-29-33-48(57)62-42-52(7,8)40-53(9,54)43-64-66(59,60)63-38-45(2)36-44/h24-25,28-29,44-46H,12-23,26-27,30-43,54H2,1-11H3,(H,59,60)/b28-24-,29-25-. The van der Waals surface area contributed by atoms with E-state index in [1.54, 1.807) is 6.92 Å². The van der Waals surface area contributed by atoms with Gasteiger partial charge in [0.1, 0.15) is 6.10 Å². The summed E-state index contributed by atoms with van der Waals surface area (Å²) in [6, 6.07) is 0. The van der Waals surface area contributed by atoms with Crippen molar-refractivity contribution in [1.29, 1.82) is 0 Å². The van der Waals surface area contributed by atoms with Crippen LogP contribution in [-0.2, 0) is 42.2 Å². The Balaban J connectivity index is 2.80. The number of phosphoric ester groups is 1. The molecule has 3 N–H and O–H groups in total. The summed E-state index contributed by atoms with van der Waals surface area (Å²) in [7, 11) is -0.150. The maximum atomic E-state index is 13.4. The van der Waals surface area contributed by atoms with E-state index in [0.29, 0.717) is 25.9 Å². The van der Waals surface area contributed by atoms with Crippen LogP contribution in [0.5, 0.6) is 0 Å². The number of hydrogen-bond donors (Lipinski definition) is 2. The summed E-state index contributed by atoms with van der Waals surface area (Å²) in [6.07, 6.45) is 28.6. The molecule has 1 heterocycles. The van der Waals surface area contributed by atoms with E-state index in [9.17, 15) is 23.8 Å². The number of nitrogens with two attached hydrogens (primary N) is 1. The van der Waals surface area contributed by atoms with Crippen LogP contribution in [0.4, 0.5) is 0 Å². The number of ether oxygens (including phenoxy) is 3. The first-order chi connectivity index (χ1) is 30.8. The SMILES string of the molecule is CC1CCOC(=O)C/C=C\CCCCCCCCC(OC(=O)CC(C)(C)CC(C)(C)CN(C)C)CCCCCCCC/C=C\CC(=O)OCC(C)(C)CC(C)(N)COP(=O)(O)OCC(C)C1. The highest BCUT2D eigenvalue weighted by molar-refractivity contribution is 7.47. The molecule has 66 heavy (non-hydrogen) atoms. The maximum absolute atomic E-state index is 13.4. The molecule has 0 amide bonds. The van der Waals surface area contributed by atoms with E-state index in [1.807, 2.05) is 32.9 Å². The highest BCUT2D eigenvalue weighted by atomic mass is 31.2. The highest BCUT2D eigenvalue weighted by Gasteiger charge is 2.35. The lowest BCUT2D eigenvalue weighted by Gasteiger charge is -2.36. The third-order valence-corrected chi connectivity index (χ3v) is 13.0. The van der Waals surface area contributed by atoms with Crippen molar-refractivity contribution in [1.82, 2.24) is 4.90 Å². The molecular weight excluding hydrogens is 856 g/mol. The molecule has 0 spiro atoms. The zero-order valence-corrected chi connectivity index (χ0v) is 44.8. The van der Waals surface area contributed by atoms with Crippen LogP contribution < -0.4 is 5.73 Å². The molecule has 386 valence electrons. The summed E-state index contributed by atoms with van der Waals surface area (Å²) in [5.41, 5.74) is 4.97. The monoisotopic (exact) mass is 955 g/mol. The topological polar surface area (TPSA) is 164 Å². The summed E-state index contributed by atoms with van der Waals surface area (Å²) in [4.78, 5) is 50.8. The van der Waals surface area contributed by atoms with Gasteiger partial charge in [0.05, 0.1) is 45.7 Å². The van der Waals surface area contributed by atoms with Crippen LogP contribution in [0, 0.1) is 28.1 Å². The van der Waals surface area contributed by atoms with Crippen molar-refractivity contribution in [2.75, 3.05) is 47.1 Å². The second-order valence-corrected chi connectivity index (χ2v) is 24.4. The summed E-state index contributed by atoms with van der Waals surface area (Å²) in [5.74, 6) is -0.427. The number of nitrogens with zero attached hydrogens (tertiary/aromatic N) is 1. The van der Waals surface area contributed by atoms with Gasteiger partial charge in [-0.2, -0.15) is 0 Å². The molecule has 0 radical (unpaired) electrons. The Morgan fingerprint density at radius 3 is 1.82 bits per heavy atom. The second kappa shape index (κ2) is 32.7. The molecular formula is C53H99N2O10P. The molecule has 0 aliphatic carbocycles. The van der Waals surface area contributed by atoms with Crippen LogP contribution in [0.2, 0.25) is 0 Å². The molecule has 1 aliphatic rings. The van der Waals surface area contributed by atoms with Gasteiger partial charge in [0, 0.05) is 17.5 Å². The van der Waals surface area contributed by atoms with E-state index < -0.39 is 18.8 Å². The fraction of sp³-hybridized carbons (Fsp3) is 0.868. The lowest BCUT2D eigenvalue weighted by Crippen LogP contribution is -2.46. The Hall–Kier alpha value is -2.08. The lowest BCUT2D eigenvalue weighted by molar-refractivity contribution is -0.153. The van der Waals surface area contributed by atoms with Gasteiger partial charge in [-0.3, -0.25) is 23.4 Å². The molecule has 0 saturated heterocycles. The number of allylic oxidation sites excluding steroid dienone is 2. The minimum absolute atomic E-state index is 0.0249. The molecule has 0 bridgehead atoms. The molecule has 0 saturated carbocycles. The zero-order valence-electron chi connectivity index (χ0n) is 43.9. The average molecular weight is 955 g/mol. The summed E-state index contributed by atoms with van der Waals surface area (Å²) >= 11 is 0. The summed E-state index contributed by atoms with van der Waals surface area (Å²) in [6.45, 7) is 19.8. The van der Waals surface area contributed by atoms with Crippen LogP contribution >= 0.6 is 7.82 Å². The van der Waals surface area contributed by atoms with Gasteiger partial charge in [-0.05, 0) is 121 Å². The van der Waals surface area contributed by atoms with Gasteiger partial charge in [0.15, 0.2) is 0 Å². The average Bonchev–Trinajstić information content (AvgIpc) is 3.17. The summed E-state index contributed by atoms with van der Waals surface area (Å²) < 4.78 is 40.7. The van der Waals surface area contributed by atoms with Crippen molar-refractivity contribution in [3.05, 3.63) is 24.3 Å². The molecule has 5 unspecified atom stereocenters. The Morgan fingerprint density at radius 1 is 0.758 bits per heavy atom. The molecule has 12 nitrogen and oxygen atoms in total. The molecule has 0 aromatic carbocycles. The first-order valence-electron chi connectivity index (χ1n) is 25.7. The number of hydrogen-bond acceptors (Lipinski definition) is 11. The number of carbonyl (C=O) groups is 3. The van der Waals surface area contributed by atoms with Crippen LogP contribution in [-0.4, -0.2) is 86.4 Å². The zero-order chi connectivity index (χ0) is 49.7. The third-order valence-electron chi connectivity index (χ3n) is 12.1. The van der Waals surface area contributed by atoms with Gasteiger partial charge in [-0.15, -0.1) is 0 Å². The molecule has 0 aromatic heterocycles. The Morgan fingerprint density at radius 2 is 1.27 bits per heavy atom. The molecule has 1 rings (SSSR count). The number of esters is 3. The van der Waals surface area contributed by atoms with Crippen LogP contribution in [0.25, 0.3) is 0 Å². The van der Waals surface area contributed by atoms with Crippen molar-refractivity contribution in [2.45, 2.75) is 222 Å². The van der Waals surface area contributed by atoms with Crippen molar-refractivity contribution in [3.63, 3.8) is 0 Å². The van der Waals surface area contributed by atoms with Crippen molar-refractivity contribution in [3.8, 4) is 0 Å². The van der Waals surface area contributed by atoms with E-state index in [2.05, 4.69) is 65.8 Å². The van der Waals surface area contributed by atoms with Crippen LogP contribution in [0.1, 0.15) is 210 Å². The Labute approximate surface area is 403 Å². The Kier molecular flexibility index (Phi) is 30.7. The van der Waals surface area contributed by atoms with Crippen molar-refractivity contribution < 1.29 is 47.1 Å². The molecule has 0 aromatic rings. The van der Waals surface area contributed by atoms with Crippen LogP contribution in [0.3, 0.4) is 0 Å². The van der Waals surface area contributed by atoms with E-state index in [0.717, 1.165) is 116 Å². The van der Waals surface area contributed by atoms with Gasteiger partial charge < -0.3 is 29.7 Å². The van der Waals surface area contributed by atoms with Crippen molar-refractivity contribution >= 4 is 25.7 Å². The second-order valence-electron chi connectivity index (χ2n) is 22.9. The number of carbonyl (C=O) groups excluding carboxylic acids is 3. The first-order valence-corrected chi connectivity index (χ1v) is 27.2. The first kappa shape index (κ1) is 61.9. The maximum Gasteiger partial charge on any atom is 0.472 e. The normalized spacial score (nSPS) is 29.0. The Bertz CT molecular complexity index is 1460. The molecule has 5 atom stereocenters. The minimum Gasteiger partial charge on any atom is -0.465 e. The minimum atomic E-state index is -4.35. The van der Waals surface area contributed by atoms with E-state index in [4.69, 9.17) is 29.0 Å². The third kappa shape index (κ3) is 35.1. The van der Waals surface area contributed by atoms with Gasteiger partial charge >= 0.3 is 25.7 Å². The van der Waals surface area contributed by atoms with Gasteiger partial charge in [0.25, 0.3) is 0 Å². The van der Waals surface area contributed by atoms with E-state index >= 15 is 0 Å². The molecule has 1 aliphatic heterocycles. The fourth-order valence-corrected chi connectivity index (χ4v) is 10.7. The van der Waals surface area contributed by atoms with Gasteiger partial charge in [-0.1, -0.05) is 131 Å². The number of rotatable bonds is 7. The van der Waals surface area contributed by atoms with Gasteiger partial charge in [0.2, 0.25) is 0 Å². The smallest absolute Gasteiger partial charge is 0.465 e. The lowest BCUT2D eigenvalue weighted by atomic mass is 9.73. The molecule has 0 fully saturated rings. The largest absolute Gasteiger partial charge is 0.472 e. The summed E-state index contributed by atoms with van der Waals surface area (Å²) in [5, 5.41) is 0. The van der Waals surface area contributed by atoms with Crippen molar-refractivity contribution in [2.24, 2.45) is 33.8 Å². The highest BCUT2D eigenvalue weighted by Crippen LogP contribution is 2.45. The van der Waals surface area contributed by atoms with Gasteiger partial charge in [-0.25, -0.2) is 4.57 Å². The fourth-order valence-electron chi connectivity index (χ4n) is 9.75. The van der Waals surface area contributed by atoms with E-state index in [-0.39, 0.29) is 79.3 Å².